The Hall–Kier alpha value is -4.71. The Bertz CT molecular complexity index is 1080. The molecule has 2 rings (SSSR count). The second-order valence-electron chi connectivity index (χ2n) is 10.7. The van der Waals surface area contributed by atoms with E-state index < -0.39 is 34.6 Å². The van der Waals surface area contributed by atoms with E-state index in [-0.39, 0.29) is 19.3 Å². The van der Waals surface area contributed by atoms with Crippen molar-refractivity contribution in [1.29, 1.82) is 0 Å². The van der Waals surface area contributed by atoms with Crippen molar-refractivity contribution in [1.82, 2.24) is 15.5 Å². The van der Waals surface area contributed by atoms with E-state index in [2.05, 4.69) is 38.5 Å². The van der Waals surface area contributed by atoms with Gasteiger partial charge in [0.25, 0.3) is 10.2 Å². The van der Waals surface area contributed by atoms with Crippen molar-refractivity contribution in [2.24, 2.45) is 0 Å². The zero-order valence-electron chi connectivity index (χ0n) is 28.4. The number of nitrogens with zero attached hydrogens (tertiary/aromatic N) is 3. The summed E-state index contributed by atoms with van der Waals surface area (Å²) in [6.07, 6.45) is 5.88. The lowest BCUT2D eigenvalue weighted by Crippen LogP contribution is -2.42. The molecule has 1 aliphatic rings. The number of aryl methyl sites for hydroxylation is 1. The van der Waals surface area contributed by atoms with Gasteiger partial charge in [-0.1, -0.05) is 43.3 Å². The molecule has 2 amide bonds. The first-order valence-electron chi connectivity index (χ1n) is 16.0. The molecule has 1 saturated heterocycles. The minimum atomic E-state index is -1.28. The quantitative estimate of drug-likeness (QED) is 0.0370. The van der Waals surface area contributed by atoms with Gasteiger partial charge in [0.05, 0.1) is 19.5 Å². The lowest BCUT2D eigenvalue weighted by atomic mass is 10.0. The molecule has 4 unspecified atom stereocenters. The average Bonchev–Trinajstić information content (AvgIpc) is 3.47. The van der Waals surface area contributed by atoms with Crippen molar-refractivity contribution in [3.05, 3.63) is 69.0 Å². The molecule has 4 atom stereocenters. The van der Waals surface area contributed by atoms with Crippen LogP contribution in [0.25, 0.3) is 0 Å². The number of ether oxygens (including phenoxy) is 3. The topological polar surface area (TPSA) is 231 Å². The molecule has 49 heavy (non-hydrogen) atoms. The number of nitrogens with one attached hydrogen (secondary N) is 2. The van der Waals surface area contributed by atoms with Crippen molar-refractivity contribution in [2.45, 2.75) is 90.1 Å². The molecule has 0 aliphatic carbocycles. The highest BCUT2D eigenvalue weighted by Crippen LogP contribution is 2.13. The number of hydrogen-bond acceptors (Lipinski definition) is 13. The number of carboxylic acid groups (broad SMARTS) is 1. The summed E-state index contributed by atoms with van der Waals surface area (Å²) in [6, 6.07) is 9.62. The van der Waals surface area contributed by atoms with E-state index in [9.17, 15) is 39.7 Å². The van der Waals surface area contributed by atoms with Crippen molar-refractivity contribution in [3.63, 3.8) is 0 Å². The standard InChI is InChI=1S/C19H29N3O7.C6H11NO5.C6H11NO/c1-14(8-6-7-13-20-19(25)28-15(2)29-22(26)27)21-17(18(23)24)12-11-16-9-4-3-5-10-16;1-2-10-3-4-11-5-6-12-7(8)9;1-6-3-2-4-7(6)5-8/h3-5,9-10,14-15,17,21H,6-8,11-13H2,1-2H3,(H,20,25)(H,23,24);2H,1,3-6H2;5-6H,2-4H2,1H3. The van der Waals surface area contributed by atoms with E-state index in [1.807, 2.05) is 42.2 Å². The summed E-state index contributed by atoms with van der Waals surface area (Å²) in [5, 5.41) is 32.9. The maximum atomic E-state index is 11.5. The predicted octanol–water partition coefficient (Wildman–Crippen LogP) is 3.50. The van der Waals surface area contributed by atoms with Crippen molar-refractivity contribution >= 4 is 18.5 Å². The third-order valence-corrected chi connectivity index (χ3v) is 6.82. The van der Waals surface area contributed by atoms with Gasteiger partial charge in [0.15, 0.2) is 0 Å². The van der Waals surface area contributed by atoms with E-state index in [1.165, 1.54) is 26.0 Å². The van der Waals surface area contributed by atoms with E-state index in [4.69, 9.17) is 9.47 Å². The minimum absolute atomic E-state index is 0.00679. The van der Waals surface area contributed by atoms with E-state index in [1.54, 1.807) is 0 Å². The Kier molecular flexibility index (Phi) is 25.6. The highest BCUT2D eigenvalue weighted by Gasteiger charge is 2.19. The zero-order valence-corrected chi connectivity index (χ0v) is 28.4. The first-order chi connectivity index (χ1) is 23.4. The molecular formula is C31H51N5O13. The molecule has 0 aromatic heterocycles. The van der Waals surface area contributed by atoms with Crippen molar-refractivity contribution < 1.29 is 53.5 Å². The van der Waals surface area contributed by atoms with Crippen LogP contribution in [0.3, 0.4) is 0 Å². The SMILES string of the molecule is C=COCCOCCO[N+](=O)[O-].CC(CCCCNC(=O)OC(C)O[N+](=O)[O-])NC(CCc1ccccc1)C(=O)O.CC1CCCN1C=O. The second kappa shape index (κ2) is 28.3. The fourth-order valence-electron chi connectivity index (χ4n) is 4.34. The number of aliphatic carboxylic acids is 1. The van der Waals surface area contributed by atoms with E-state index >= 15 is 0 Å². The van der Waals surface area contributed by atoms with Gasteiger partial charge in [0.2, 0.25) is 12.7 Å². The van der Waals surface area contributed by atoms with Crippen molar-refractivity contribution in [2.75, 3.05) is 39.5 Å². The molecule has 18 nitrogen and oxygen atoms in total. The molecule has 1 heterocycles. The van der Waals surface area contributed by atoms with Crippen LogP contribution in [-0.2, 0) is 39.9 Å². The Balaban J connectivity index is 0.000000932. The zero-order chi connectivity index (χ0) is 36.9. The van der Waals surface area contributed by atoms with Crippen LogP contribution in [-0.4, -0.2) is 103 Å². The number of carbonyl (C=O) groups excluding carboxylic acids is 2. The number of alkyl carbamates (subject to hydrolysis) is 1. The molecule has 0 saturated carbocycles. The normalized spacial score (nSPS) is 15.0. The summed E-state index contributed by atoms with van der Waals surface area (Å²) in [6.45, 7) is 10.8. The largest absolute Gasteiger partial charge is 0.499 e. The Morgan fingerprint density at radius 2 is 1.78 bits per heavy atom. The summed E-state index contributed by atoms with van der Waals surface area (Å²) in [4.78, 5) is 62.7. The number of carboxylic acids is 1. The molecule has 0 bridgehead atoms. The lowest BCUT2D eigenvalue weighted by Gasteiger charge is -2.20. The second-order valence-corrected chi connectivity index (χ2v) is 10.7. The van der Waals surface area contributed by atoms with Crippen LogP contribution >= 0.6 is 0 Å². The van der Waals surface area contributed by atoms with Gasteiger partial charge in [0.1, 0.15) is 19.3 Å². The molecule has 1 fully saturated rings. The van der Waals surface area contributed by atoms with Gasteiger partial charge in [-0.15, -0.1) is 20.2 Å². The highest BCUT2D eigenvalue weighted by molar-refractivity contribution is 5.73. The first kappa shape index (κ1) is 44.3. The van der Waals surface area contributed by atoms with Crippen LogP contribution in [0.2, 0.25) is 0 Å². The third-order valence-electron chi connectivity index (χ3n) is 6.82. The van der Waals surface area contributed by atoms with Gasteiger partial charge in [-0.05, 0) is 64.9 Å². The Morgan fingerprint density at radius 1 is 1.08 bits per heavy atom. The number of likely N-dealkylation sites (tertiary alicyclic amines) is 1. The number of hydrogen-bond donors (Lipinski definition) is 3. The van der Waals surface area contributed by atoms with Gasteiger partial charge in [-0.25, -0.2) is 4.79 Å². The molecule has 0 radical (unpaired) electrons. The number of carbonyl (C=O) groups is 3. The highest BCUT2D eigenvalue weighted by atomic mass is 17.0. The minimum Gasteiger partial charge on any atom is -0.499 e. The van der Waals surface area contributed by atoms with Gasteiger partial charge in [0, 0.05) is 25.2 Å². The fourth-order valence-corrected chi connectivity index (χ4v) is 4.34. The fraction of sp³-hybridized carbons (Fsp3) is 0.645. The maximum absolute atomic E-state index is 11.5. The predicted molar refractivity (Wildman–Crippen MR) is 176 cm³/mol. The number of unbranched alkanes of at least 4 members (excludes halogenated alkanes) is 1. The summed E-state index contributed by atoms with van der Waals surface area (Å²) in [7, 11) is 0. The average molecular weight is 702 g/mol. The number of rotatable bonds is 23. The monoisotopic (exact) mass is 701 g/mol. The van der Waals surface area contributed by atoms with Gasteiger partial charge >= 0.3 is 12.1 Å². The molecule has 1 aromatic rings. The first-order valence-corrected chi connectivity index (χ1v) is 16.0. The molecule has 18 heteroatoms. The molecular weight excluding hydrogens is 650 g/mol. The van der Waals surface area contributed by atoms with Crippen molar-refractivity contribution in [3.8, 4) is 0 Å². The maximum Gasteiger partial charge on any atom is 0.409 e. The molecule has 278 valence electrons. The smallest absolute Gasteiger partial charge is 0.409 e. The van der Waals surface area contributed by atoms with E-state index in [0.717, 1.165) is 31.4 Å². The summed E-state index contributed by atoms with van der Waals surface area (Å²) < 4.78 is 14.2. The lowest BCUT2D eigenvalue weighted by molar-refractivity contribution is -0.777. The van der Waals surface area contributed by atoms with Gasteiger partial charge in [-0.2, -0.15) is 0 Å². The van der Waals surface area contributed by atoms with Gasteiger partial charge < -0.3 is 39.7 Å². The van der Waals surface area contributed by atoms with Crippen LogP contribution in [0.15, 0.2) is 43.2 Å². The van der Waals surface area contributed by atoms with Crippen LogP contribution in [0.5, 0.6) is 0 Å². The van der Waals surface area contributed by atoms with Crippen LogP contribution < -0.4 is 10.6 Å². The van der Waals surface area contributed by atoms with Crippen LogP contribution in [0.4, 0.5) is 4.79 Å². The molecule has 1 aliphatic heterocycles. The number of benzene rings is 1. The molecule has 0 spiro atoms. The summed E-state index contributed by atoms with van der Waals surface area (Å²) >= 11 is 0. The Morgan fingerprint density at radius 3 is 2.33 bits per heavy atom. The molecule has 3 N–H and O–H groups in total. The summed E-state index contributed by atoms with van der Waals surface area (Å²) in [5.74, 6) is -0.872. The van der Waals surface area contributed by atoms with E-state index in [0.29, 0.717) is 45.1 Å². The number of amides is 2. The van der Waals surface area contributed by atoms with Crippen LogP contribution in [0, 0.1) is 20.2 Å². The summed E-state index contributed by atoms with van der Waals surface area (Å²) in [5.41, 5.74) is 1.10. The van der Waals surface area contributed by atoms with Crippen LogP contribution in [0.1, 0.15) is 64.9 Å². The Labute approximate surface area is 286 Å². The van der Waals surface area contributed by atoms with Gasteiger partial charge in [-0.3, -0.25) is 14.4 Å². The third kappa shape index (κ3) is 26.0. The molecule has 1 aromatic carbocycles.